The first-order valence-electron chi connectivity index (χ1n) is 3.83. The molecule has 10 heavy (non-hydrogen) atoms. The number of allylic oxidation sites excluding steroid dienone is 2. The summed E-state index contributed by atoms with van der Waals surface area (Å²) in [7, 11) is 0. The summed E-state index contributed by atoms with van der Waals surface area (Å²) in [5.41, 5.74) is 2.29. The first-order valence-corrected chi connectivity index (χ1v) is 3.83. The van der Waals surface area contributed by atoms with Gasteiger partial charge in [-0.1, -0.05) is 12.5 Å². The van der Waals surface area contributed by atoms with E-state index in [1.54, 1.807) is 0 Å². The van der Waals surface area contributed by atoms with Gasteiger partial charge in [0.25, 0.3) is 0 Å². The first kappa shape index (κ1) is 7.52. The number of hydrogen-bond acceptors (Lipinski definition) is 1. The van der Waals surface area contributed by atoms with Crippen LogP contribution in [0.25, 0.3) is 0 Å². The first-order chi connectivity index (χ1) is 4.63. The Morgan fingerprint density at radius 1 is 1.50 bits per heavy atom. The molecule has 0 aliphatic heterocycles. The van der Waals surface area contributed by atoms with Gasteiger partial charge in [0.2, 0.25) is 0 Å². The average molecular weight is 138 g/mol. The van der Waals surface area contributed by atoms with Crippen molar-refractivity contribution in [3.63, 3.8) is 0 Å². The van der Waals surface area contributed by atoms with Gasteiger partial charge in [-0.25, -0.2) is 0 Å². The molecule has 0 spiro atoms. The van der Waals surface area contributed by atoms with E-state index in [-0.39, 0.29) is 0 Å². The van der Waals surface area contributed by atoms with E-state index < -0.39 is 0 Å². The lowest BCUT2D eigenvalue weighted by Crippen LogP contribution is -1.99. The minimum absolute atomic E-state index is 0.368. The molecule has 1 nitrogen and oxygen atoms in total. The molecule has 1 atom stereocenters. The van der Waals surface area contributed by atoms with Crippen LogP contribution in [-0.4, -0.2) is 5.78 Å². The van der Waals surface area contributed by atoms with Gasteiger partial charge in [0.15, 0.2) is 5.78 Å². The molecule has 1 aliphatic carbocycles. The molecule has 1 fully saturated rings. The summed E-state index contributed by atoms with van der Waals surface area (Å²) in [4.78, 5) is 11.2. The topological polar surface area (TPSA) is 17.1 Å². The maximum Gasteiger partial charge on any atom is 0.159 e. The average Bonchev–Trinajstić information content (AvgIpc) is 2.11. The summed E-state index contributed by atoms with van der Waals surface area (Å²) >= 11 is 0. The third-order valence-corrected chi connectivity index (χ3v) is 2.14. The van der Waals surface area contributed by atoms with Crippen LogP contribution >= 0.6 is 0 Å². The summed E-state index contributed by atoms with van der Waals surface area (Å²) in [5, 5.41) is 0. The molecule has 1 aliphatic rings. The molecule has 0 N–H and O–H groups in total. The van der Waals surface area contributed by atoms with Crippen LogP contribution in [0.1, 0.15) is 33.6 Å². The molecular weight excluding hydrogens is 124 g/mol. The van der Waals surface area contributed by atoms with Gasteiger partial charge in [-0.2, -0.15) is 0 Å². The highest BCUT2D eigenvalue weighted by atomic mass is 16.1. The van der Waals surface area contributed by atoms with Crippen LogP contribution < -0.4 is 0 Å². The van der Waals surface area contributed by atoms with Crippen LogP contribution in [0, 0.1) is 5.92 Å². The van der Waals surface area contributed by atoms with Gasteiger partial charge < -0.3 is 0 Å². The number of rotatable bonds is 0. The summed E-state index contributed by atoms with van der Waals surface area (Å²) in [6, 6.07) is 0. The van der Waals surface area contributed by atoms with Gasteiger partial charge in [-0.3, -0.25) is 4.79 Å². The summed E-state index contributed by atoms with van der Waals surface area (Å²) in [6.07, 6.45) is 1.82. The van der Waals surface area contributed by atoms with Crippen LogP contribution in [0.2, 0.25) is 0 Å². The number of hydrogen-bond donors (Lipinski definition) is 0. The van der Waals surface area contributed by atoms with E-state index in [9.17, 15) is 4.79 Å². The van der Waals surface area contributed by atoms with Crippen molar-refractivity contribution in [1.82, 2.24) is 0 Å². The minimum atomic E-state index is 0.368. The van der Waals surface area contributed by atoms with Crippen LogP contribution in [0.15, 0.2) is 11.1 Å². The van der Waals surface area contributed by atoms with E-state index in [4.69, 9.17) is 0 Å². The molecule has 1 rings (SSSR count). The molecule has 0 amide bonds. The number of carbonyl (C=O) groups is 1. The van der Waals surface area contributed by atoms with E-state index in [0.29, 0.717) is 11.7 Å². The van der Waals surface area contributed by atoms with E-state index in [0.717, 1.165) is 18.4 Å². The zero-order valence-electron chi connectivity index (χ0n) is 6.90. The quantitative estimate of drug-likeness (QED) is 0.469. The van der Waals surface area contributed by atoms with Gasteiger partial charge in [-0.05, 0) is 31.8 Å². The van der Waals surface area contributed by atoms with Gasteiger partial charge in [0, 0.05) is 6.42 Å². The SMILES string of the molecule is CC(C)=C1C(=O)CCC1C. The predicted molar refractivity (Wildman–Crippen MR) is 41.8 cm³/mol. The molecule has 0 aromatic rings. The monoisotopic (exact) mass is 138 g/mol. The van der Waals surface area contributed by atoms with E-state index in [1.807, 2.05) is 13.8 Å². The molecule has 0 heterocycles. The Hall–Kier alpha value is -0.590. The molecule has 0 aromatic carbocycles. The fraction of sp³-hybridized carbons (Fsp3) is 0.667. The Kier molecular flexibility index (Phi) is 1.93. The highest BCUT2D eigenvalue weighted by Gasteiger charge is 2.25. The molecule has 1 unspecified atom stereocenters. The van der Waals surface area contributed by atoms with E-state index in [1.165, 1.54) is 5.57 Å². The van der Waals surface area contributed by atoms with Crippen molar-refractivity contribution in [3.05, 3.63) is 11.1 Å². The highest BCUT2D eigenvalue weighted by molar-refractivity contribution is 5.98. The van der Waals surface area contributed by atoms with Gasteiger partial charge >= 0.3 is 0 Å². The number of ketones is 1. The van der Waals surface area contributed by atoms with Crippen molar-refractivity contribution >= 4 is 5.78 Å². The normalized spacial score (nSPS) is 25.7. The lowest BCUT2D eigenvalue weighted by Gasteiger charge is -2.03. The summed E-state index contributed by atoms with van der Waals surface area (Å²) < 4.78 is 0. The lowest BCUT2D eigenvalue weighted by molar-refractivity contribution is -0.114. The maximum absolute atomic E-state index is 11.2. The zero-order chi connectivity index (χ0) is 7.72. The second-order valence-electron chi connectivity index (χ2n) is 3.28. The molecule has 56 valence electrons. The standard InChI is InChI=1S/C9H14O/c1-6(2)9-7(3)4-5-8(9)10/h7H,4-5H2,1-3H3. The number of Topliss-reactive ketones (excluding diaryl/α,β-unsaturated/α-hetero) is 1. The highest BCUT2D eigenvalue weighted by Crippen LogP contribution is 2.29. The van der Waals surface area contributed by atoms with Crippen LogP contribution in [0.5, 0.6) is 0 Å². The van der Waals surface area contributed by atoms with Crippen molar-refractivity contribution in [2.45, 2.75) is 33.6 Å². The largest absolute Gasteiger partial charge is 0.295 e. The van der Waals surface area contributed by atoms with Crippen LogP contribution in [-0.2, 0) is 4.79 Å². The van der Waals surface area contributed by atoms with E-state index >= 15 is 0 Å². The van der Waals surface area contributed by atoms with Crippen molar-refractivity contribution in [3.8, 4) is 0 Å². The smallest absolute Gasteiger partial charge is 0.159 e. The number of carbonyl (C=O) groups excluding carboxylic acids is 1. The summed E-state index contributed by atoms with van der Waals surface area (Å²) in [5.74, 6) is 0.880. The van der Waals surface area contributed by atoms with Gasteiger partial charge in [0.1, 0.15) is 0 Å². The molecule has 0 saturated heterocycles. The van der Waals surface area contributed by atoms with Crippen LogP contribution in [0.3, 0.4) is 0 Å². The van der Waals surface area contributed by atoms with Crippen molar-refractivity contribution < 1.29 is 4.79 Å². The molecule has 1 heteroatoms. The fourth-order valence-corrected chi connectivity index (χ4v) is 1.67. The fourth-order valence-electron chi connectivity index (χ4n) is 1.67. The Balaban J connectivity index is 2.93. The Morgan fingerprint density at radius 2 is 2.10 bits per heavy atom. The lowest BCUT2D eigenvalue weighted by atomic mass is 10.0. The predicted octanol–water partition coefficient (Wildman–Crippen LogP) is 2.32. The van der Waals surface area contributed by atoms with E-state index in [2.05, 4.69) is 6.92 Å². The molecule has 1 saturated carbocycles. The van der Waals surface area contributed by atoms with Crippen molar-refractivity contribution in [1.29, 1.82) is 0 Å². The second-order valence-corrected chi connectivity index (χ2v) is 3.28. The second kappa shape index (κ2) is 2.57. The third-order valence-electron chi connectivity index (χ3n) is 2.14. The maximum atomic E-state index is 11.2. The minimum Gasteiger partial charge on any atom is -0.295 e. The van der Waals surface area contributed by atoms with Crippen LogP contribution in [0.4, 0.5) is 0 Å². The summed E-state index contributed by atoms with van der Waals surface area (Å²) in [6.45, 7) is 6.18. The Bertz CT molecular complexity index is 185. The van der Waals surface area contributed by atoms with Gasteiger partial charge in [0.05, 0.1) is 0 Å². The molecule has 0 bridgehead atoms. The Labute approximate surface area is 62.1 Å². The zero-order valence-corrected chi connectivity index (χ0v) is 6.90. The van der Waals surface area contributed by atoms with Crippen molar-refractivity contribution in [2.24, 2.45) is 5.92 Å². The van der Waals surface area contributed by atoms with Crippen molar-refractivity contribution in [2.75, 3.05) is 0 Å². The molecule has 0 radical (unpaired) electrons. The Morgan fingerprint density at radius 3 is 2.30 bits per heavy atom. The third kappa shape index (κ3) is 1.13. The molecular formula is C9H14O. The molecule has 0 aromatic heterocycles. The van der Waals surface area contributed by atoms with Gasteiger partial charge in [-0.15, -0.1) is 0 Å².